The second-order valence-corrected chi connectivity index (χ2v) is 24.3. The fourth-order valence-corrected chi connectivity index (χ4v) is 8.14. The van der Waals surface area contributed by atoms with E-state index >= 15 is 0 Å². The van der Waals surface area contributed by atoms with E-state index in [4.69, 9.17) is 8.85 Å². The number of hydrogen-bond donors (Lipinski definition) is 0. The summed E-state index contributed by atoms with van der Waals surface area (Å²) in [5.74, 6) is 0. The summed E-state index contributed by atoms with van der Waals surface area (Å²) in [5, 5.41) is 11.5. The quantitative estimate of drug-likeness (QED) is 0.129. The van der Waals surface area contributed by atoms with Crippen molar-refractivity contribution in [1.29, 1.82) is 0 Å². The Kier molecular flexibility index (Phi) is 9.82. The molecule has 1 aromatic carbocycles. The van der Waals surface area contributed by atoms with Crippen molar-refractivity contribution in [3.8, 4) is 0 Å². The van der Waals surface area contributed by atoms with Crippen molar-refractivity contribution >= 4 is 32.3 Å². The molecular formula is C27H46N2O6SSi2. The predicted octanol–water partition coefficient (Wildman–Crippen LogP) is 6.88. The van der Waals surface area contributed by atoms with Crippen molar-refractivity contribution < 1.29 is 22.2 Å². The molecule has 0 aliphatic carbocycles. The zero-order chi connectivity index (χ0) is 29.3. The van der Waals surface area contributed by atoms with Gasteiger partial charge in [0.2, 0.25) is 0 Å². The number of nitro groups is 1. The average molecular weight is 583 g/mol. The van der Waals surface area contributed by atoms with E-state index in [0.29, 0.717) is 6.42 Å². The Balaban J connectivity index is 2.70. The second-order valence-electron chi connectivity index (χ2n) is 13.0. The van der Waals surface area contributed by atoms with E-state index < -0.39 is 55.5 Å². The number of rotatable bonds is 10. The molecule has 0 saturated heterocycles. The second kappa shape index (κ2) is 11.5. The van der Waals surface area contributed by atoms with Crippen molar-refractivity contribution in [2.75, 3.05) is 6.54 Å². The third-order valence-electron chi connectivity index (χ3n) is 8.20. The Morgan fingerprint density at radius 3 is 2.08 bits per heavy atom. The highest BCUT2D eigenvalue weighted by Crippen LogP contribution is 2.42. The maximum absolute atomic E-state index is 14.0. The van der Waals surface area contributed by atoms with Crippen molar-refractivity contribution in [2.45, 2.75) is 107 Å². The molecule has 0 unspecified atom stereocenters. The summed E-state index contributed by atoms with van der Waals surface area (Å²) in [6.07, 6.45) is 4.74. The highest BCUT2D eigenvalue weighted by Gasteiger charge is 2.49. The molecule has 0 N–H and O–H groups in total. The van der Waals surface area contributed by atoms with Gasteiger partial charge in [-0.05, 0) is 48.8 Å². The molecule has 2 rings (SSSR count). The van der Waals surface area contributed by atoms with Gasteiger partial charge in [-0.1, -0.05) is 71.9 Å². The predicted molar refractivity (Wildman–Crippen MR) is 159 cm³/mol. The Bertz CT molecular complexity index is 1150. The molecule has 38 heavy (non-hydrogen) atoms. The molecule has 11 heteroatoms. The molecule has 1 aliphatic heterocycles. The van der Waals surface area contributed by atoms with Gasteiger partial charge in [0.15, 0.2) is 21.5 Å². The smallest absolute Gasteiger partial charge is 0.289 e. The summed E-state index contributed by atoms with van der Waals surface area (Å²) < 4.78 is 43.2. The van der Waals surface area contributed by atoms with Crippen LogP contribution in [0.5, 0.6) is 0 Å². The van der Waals surface area contributed by atoms with Crippen LogP contribution in [0.2, 0.25) is 36.3 Å². The van der Waals surface area contributed by atoms with Crippen molar-refractivity contribution in [3.05, 3.63) is 59.2 Å². The van der Waals surface area contributed by atoms with Crippen LogP contribution in [0.25, 0.3) is 0 Å². The Labute approximate surface area is 231 Å². The monoisotopic (exact) mass is 582 g/mol. The maximum Gasteiger partial charge on any atom is 0.289 e. The highest BCUT2D eigenvalue weighted by atomic mass is 32.2. The molecule has 214 valence electrons. The highest BCUT2D eigenvalue weighted by molar-refractivity contribution is 7.89. The molecule has 8 nitrogen and oxygen atoms in total. The van der Waals surface area contributed by atoms with Crippen molar-refractivity contribution in [2.24, 2.45) is 0 Å². The van der Waals surface area contributed by atoms with E-state index in [2.05, 4.69) is 74.3 Å². The van der Waals surface area contributed by atoms with E-state index in [1.54, 1.807) is 6.08 Å². The zero-order valence-electron chi connectivity index (χ0n) is 24.6. The van der Waals surface area contributed by atoms with Crippen molar-refractivity contribution in [3.63, 3.8) is 0 Å². The van der Waals surface area contributed by atoms with Gasteiger partial charge in [-0.3, -0.25) is 10.1 Å². The van der Waals surface area contributed by atoms with E-state index in [1.165, 1.54) is 28.6 Å². The van der Waals surface area contributed by atoms with Crippen LogP contribution < -0.4 is 0 Å². The van der Waals surface area contributed by atoms with E-state index in [9.17, 15) is 18.5 Å². The molecule has 3 atom stereocenters. The van der Waals surface area contributed by atoms with E-state index in [-0.39, 0.29) is 21.5 Å². The van der Waals surface area contributed by atoms with E-state index in [0.717, 1.165) is 0 Å². The van der Waals surface area contributed by atoms with Gasteiger partial charge >= 0.3 is 0 Å². The zero-order valence-corrected chi connectivity index (χ0v) is 27.5. The average Bonchev–Trinajstić information content (AvgIpc) is 2.79. The van der Waals surface area contributed by atoms with Crippen LogP contribution >= 0.6 is 0 Å². The van der Waals surface area contributed by atoms with Gasteiger partial charge in [-0.15, -0.1) is 6.58 Å². The molecule has 1 aliphatic rings. The summed E-state index contributed by atoms with van der Waals surface area (Å²) in [7, 11) is -8.97. The van der Waals surface area contributed by atoms with Gasteiger partial charge in [-0.25, -0.2) is 8.42 Å². The lowest BCUT2D eigenvalue weighted by Gasteiger charge is -2.48. The van der Waals surface area contributed by atoms with Crippen LogP contribution in [-0.4, -0.2) is 59.1 Å². The molecule has 0 spiro atoms. The molecule has 0 amide bonds. The van der Waals surface area contributed by atoms with Crippen LogP contribution in [0.4, 0.5) is 5.69 Å². The van der Waals surface area contributed by atoms with Crippen LogP contribution in [0, 0.1) is 10.1 Å². The molecule has 0 radical (unpaired) electrons. The van der Waals surface area contributed by atoms with Crippen LogP contribution in [0.15, 0.2) is 54.0 Å². The van der Waals surface area contributed by atoms with Gasteiger partial charge in [-0.2, -0.15) is 4.31 Å². The first kappa shape index (κ1) is 32.6. The third kappa shape index (κ3) is 6.92. The number of sulfonamides is 1. The molecule has 0 aromatic heterocycles. The number of para-hydroxylation sites is 1. The normalized spacial score (nSPS) is 19.7. The van der Waals surface area contributed by atoms with Gasteiger partial charge < -0.3 is 8.85 Å². The number of nitrogens with zero attached hydrogens (tertiary/aromatic N) is 2. The fraction of sp³-hybridized carbons (Fsp3) is 0.630. The molecule has 1 aromatic rings. The minimum Gasteiger partial charge on any atom is -0.409 e. The standard InChI is InChI=1S/C27H46N2O6SSi2/c1-12-23(34-37(8,9)26(2,3)4)25(35-38(10,11)27(5,6)7)22-18-15-16-20-28(22)36(32,33)24-19-14-13-17-21(24)29(30)31/h12-15,17-19,22-23,25H,1,16,20H2,2-11H3/t22-,23-,25+/m1/s1. The molecule has 0 saturated carbocycles. The summed E-state index contributed by atoms with van der Waals surface area (Å²) in [4.78, 5) is 10.8. The summed E-state index contributed by atoms with van der Waals surface area (Å²) in [6, 6.07) is 4.76. The maximum atomic E-state index is 14.0. The summed E-state index contributed by atoms with van der Waals surface area (Å²) in [6.45, 7) is 25.6. The van der Waals surface area contributed by atoms with Crippen LogP contribution in [0.1, 0.15) is 48.0 Å². The van der Waals surface area contributed by atoms with Gasteiger partial charge in [0, 0.05) is 12.6 Å². The van der Waals surface area contributed by atoms with E-state index in [1.807, 2.05) is 12.2 Å². The minimum atomic E-state index is -4.24. The first-order chi connectivity index (χ1) is 17.2. The van der Waals surface area contributed by atoms with Gasteiger partial charge in [0.05, 0.1) is 23.2 Å². The molecule has 0 fully saturated rings. The van der Waals surface area contributed by atoms with Crippen LogP contribution in [-0.2, 0) is 18.9 Å². The molecule has 1 heterocycles. The van der Waals surface area contributed by atoms with Gasteiger partial charge in [0.25, 0.3) is 15.7 Å². The first-order valence-electron chi connectivity index (χ1n) is 13.1. The summed E-state index contributed by atoms with van der Waals surface area (Å²) >= 11 is 0. The molecule has 0 bridgehead atoms. The Morgan fingerprint density at radius 2 is 1.58 bits per heavy atom. The number of benzene rings is 1. The number of nitro benzene ring substituents is 1. The SMILES string of the molecule is C=C[C@@H](O[Si](C)(C)C(C)(C)C)[C@@H](O[Si](C)(C)C(C)(C)C)[C@H]1C=CCCN1S(=O)(=O)c1ccccc1[N+](=O)[O-]. The van der Waals surface area contributed by atoms with Crippen molar-refractivity contribution in [1.82, 2.24) is 4.31 Å². The lowest BCUT2D eigenvalue weighted by Crippen LogP contribution is -2.59. The fourth-order valence-electron chi connectivity index (χ4n) is 3.80. The van der Waals surface area contributed by atoms with Crippen LogP contribution in [0.3, 0.4) is 0 Å². The minimum absolute atomic E-state index is 0.0887. The van der Waals surface area contributed by atoms with Gasteiger partial charge in [0.1, 0.15) is 0 Å². The topological polar surface area (TPSA) is 99.0 Å². The Morgan fingerprint density at radius 1 is 1.05 bits per heavy atom. The lowest BCUT2D eigenvalue weighted by atomic mass is 10.0. The third-order valence-corrected chi connectivity index (χ3v) is 19.1. The lowest BCUT2D eigenvalue weighted by molar-refractivity contribution is -0.387. The largest absolute Gasteiger partial charge is 0.409 e. The first-order valence-corrected chi connectivity index (χ1v) is 20.3. The number of hydrogen-bond acceptors (Lipinski definition) is 6. The molecular weight excluding hydrogens is 537 g/mol. The summed E-state index contributed by atoms with van der Waals surface area (Å²) in [5.41, 5.74) is -0.444. The Hall–Kier alpha value is -1.64.